The van der Waals surface area contributed by atoms with Gasteiger partial charge >= 0.3 is 0 Å². The van der Waals surface area contributed by atoms with E-state index in [0.29, 0.717) is 12.1 Å². The molecule has 1 aliphatic rings. The normalized spacial score (nSPS) is 23.8. The lowest BCUT2D eigenvalue weighted by atomic mass is 9.92. The number of hydrogen-bond donors (Lipinski definition) is 2. The van der Waals surface area contributed by atoms with Gasteiger partial charge in [-0.05, 0) is 38.7 Å². The molecule has 1 aliphatic carbocycles. The maximum absolute atomic E-state index is 5.93. The molecule has 0 saturated heterocycles. The lowest BCUT2D eigenvalue weighted by Crippen LogP contribution is -2.33. The van der Waals surface area contributed by atoms with Crippen molar-refractivity contribution >= 4 is 11.5 Å². The van der Waals surface area contributed by atoms with E-state index < -0.39 is 0 Å². The highest BCUT2D eigenvalue weighted by Gasteiger charge is 2.18. The van der Waals surface area contributed by atoms with Crippen LogP contribution in [0.25, 0.3) is 0 Å². The summed E-state index contributed by atoms with van der Waals surface area (Å²) >= 11 is 0. The Bertz CT molecular complexity index is 395. The monoisotopic (exact) mass is 248 g/mol. The summed E-state index contributed by atoms with van der Waals surface area (Å²) in [6, 6.07) is 5.13. The van der Waals surface area contributed by atoms with E-state index in [4.69, 9.17) is 5.73 Å². The standard InChI is InChI=1S/C14H24N4/c1-10-8-13(18(2)3)9-14(16-10)17-12-6-4-11(15)5-7-12/h8-9,11-12H,4-7,15H2,1-3H3,(H,16,17). The molecule has 0 bridgehead atoms. The van der Waals surface area contributed by atoms with Crippen molar-refractivity contribution in [2.24, 2.45) is 5.73 Å². The molecule has 100 valence electrons. The van der Waals surface area contributed by atoms with Gasteiger partial charge in [-0.1, -0.05) is 0 Å². The van der Waals surface area contributed by atoms with Crippen LogP contribution in [0.4, 0.5) is 11.5 Å². The van der Waals surface area contributed by atoms with Crippen molar-refractivity contribution in [3.05, 3.63) is 17.8 Å². The number of hydrogen-bond acceptors (Lipinski definition) is 4. The van der Waals surface area contributed by atoms with Crippen molar-refractivity contribution in [2.75, 3.05) is 24.3 Å². The van der Waals surface area contributed by atoms with Gasteiger partial charge in [-0.2, -0.15) is 0 Å². The largest absolute Gasteiger partial charge is 0.377 e. The van der Waals surface area contributed by atoms with Gasteiger partial charge in [0.15, 0.2) is 0 Å². The zero-order chi connectivity index (χ0) is 13.1. The molecule has 0 amide bonds. The molecule has 0 spiro atoms. The highest BCUT2D eigenvalue weighted by molar-refractivity contribution is 5.54. The van der Waals surface area contributed by atoms with Gasteiger partial charge in [0, 0.05) is 43.6 Å². The van der Waals surface area contributed by atoms with Crippen molar-refractivity contribution in [3.63, 3.8) is 0 Å². The third-order valence-corrected chi connectivity index (χ3v) is 3.58. The van der Waals surface area contributed by atoms with Gasteiger partial charge < -0.3 is 16.0 Å². The molecule has 0 radical (unpaired) electrons. The number of anilines is 2. The van der Waals surface area contributed by atoms with Gasteiger partial charge in [0.05, 0.1) is 0 Å². The topological polar surface area (TPSA) is 54.2 Å². The second-order valence-corrected chi connectivity index (χ2v) is 5.50. The highest BCUT2D eigenvalue weighted by atomic mass is 15.1. The summed E-state index contributed by atoms with van der Waals surface area (Å²) in [5.41, 5.74) is 8.17. The lowest BCUT2D eigenvalue weighted by molar-refractivity contribution is 0.410. The fourth-order valence-electron chi connectivity index (χ4n) is 2.46. The molecular weight excluding hydrogens is 224 g/mol. The predicted octanol–water partition coefficient (Wildman–Crippen LogP) is 2.14. The molecule has 1 aromatic rings. The first-order valence-corrected chi connectivity index (χ1v) is 6.72. The quantitative estimate of drug-likeness (QED) is 0.860. The summed E-state index contributed by atoms with van der Waals surface area (Å²) in [6.07, 6.45) is 4.52. The third-order valence-electron chi connectivity index (χ3n) is 3.58. The van der Waals surface area contributed by atoms with E-state index in [0.717, 1.165) is 37.2 Å². The van der Waals surface area contributed by atoms with Crippen LogP contribution < -0.4 is 16.0 Å². The van der Waals surface area contributed by atoms with Crippen LogP contribution in [0, 0.1) is 6.92 Å². The van der Waals surface area contributed by atoms with Gasteiger partial charge in [-0.15, -0.1) is 0 Å². The van der Waals surface area contributed by atoms with E-state index in [-0.39, 0.29) is 0 Å². The van der Waals surface area contributed by atoms with E-state index in [2.05, 4.69) is 41.4 Å². The van der Waals surface area contributed by atoms with Crippen LogP contribution in [0.1, 0.15) is 31.4 Å². The smallest absolute Gasteiger partial charge is 0.128 e. The van der Waals surface area contributed by atoms with E-state index in [1.807, 2.05) is 6.92 Å². The van der Waals surface area contributed by atoms with E-state index in [1.165, 1.54) is 5.69 Å². The summed E-state index contributed by atoms with van der Waals surface area (Å²) < 4.78 is 0. The number of aromatic nitrogens is 1. The first-order chi connectivity index (χ1) is 8.54. The molecule has 0 unspecified atom stereocenters. The van der Waals surface area contributed by atoms with Gasteiger partial charge in [0.25, 0.3) is 0 Å². The minimum absolute atomic E-state index is 0.394. The molecule has 1 aromatic heterocycles. The van der Waals surface area contributed by atoms with Crippen molar-refractivity contribution in [3.8, 4) is 0 Å². The van der Waals surface area contributed by atoms with Crippen LogP contribution in [0.15, 0.2) is 12.1 Å². The van der Waals surface area contributed by atoms with Gasteiger partial charge in [-0.3, -0.25) is 0 Å². The van der Waals surface area contributed by atoms with Crippen LogP contribution in [-0.4, -0.2) is 31.2 Å². The zero-order valence-corrected chi connectivity index (χ0v) is 11.6. The summed E-state index contributed by atoms with van der Waals surface area (Å²) in [6.45, 7) is 2.04. The molecule has 18 heavy (non-hydrogen) atoms. The first-order valence-electron chi connectivity index (χ1n) is 6.72. The average molecular weight is 248 g/mol. The van der Waals surface area contributed by atoms with Crippen molar-refractivity contribution in [1.29, 1.82) is 0 Å². The number of pyridine rings is 1. The molecule has 3 N–H and O–H groups in total. The maximum Gasteiger partial charge on any atom is 0.128 e. The molecule has 0 aromatic carbocycles. The molecule has 0 aliphatic heterocycles. The van der Waals surface area contributed by atoms with Crippen LogP contribution in [0.5, 0.6) is 0 Å². The summed E-state index contributed by atoms with van der Waals surface area (Å²) in [5, 5.41) is 3.54. The molecule has 1 fully saturated rings. The Kier molecular flexibility index (Phi) is 4.07. The van der Waals surface area contributed by atoms with Crippen molar-refractivity contribution in [1.82, 2.24) is 4.98 Å². The van der Waals surface area contributed by atoms with E-state index in [1.54, 1.807) is 0 Å². The average Bonchev–Trinajstić information content (AvgIpc) is 2.31. The molecule has 4 nitrogen and oxygen atoms in total. The molecule has 1 saturated carbocycles. The number of nitrogens with two attached hydrogens (primary N) is 1. The van der Waals surface area contributed by atoms with Gasteiger partial charge in [0.2, 0.25) is 0 Å². The number of aryl methyl sites for hydroxylation is 1. The Balaban J connectivity index is 2.04. The van der Waals surface area contributed by atoms with Crippen molar-refractivity contribution in [2.45, 2.75) is 44.7 Å². The van der Waals surface area contributed by atoms with Crippen LogP contribution in [-0.2, 0) is 0 Å². The molecule has 0 atom stereocenters. The minimum Gasteiger partial charge on any atom is -0.377 e. The zero-order valence-electron chi connectivity index (χ0n) is 11.6. The fourth-order valence-corrected chi connectivity index (χ4v) is 2.46. The van der Waals surface area contributed by atoms with E-state index in [9.17, 15) is 0 Å². The Hall–Kier alpha value is -1.29. The number of nitrogens with one attached hydrogen (secondary N) is 1. The first kappa shape index (κ1) is 13.1. The second-order valence-electron chi connectivity index (χ2n) is 5.50. The fraction of sp³-hybridized carbons (Fsp3) is 0.643. The Labute approximate surface area is 110 Å². The molecule has 1 heterocycles. The second kappa shape index (κ2) is 5.57. The Morgan fingerprint density at radius 1 is 1.22 bits per heavy atom. The van der Waals surface area contributed by atoms with E-state index >= 15 is 0 Å². The third kappa shape index (κ3) is 3.35. The lowest BCUT2D eigenvalue weighted by Gasteiger charge is -2.27. The van der Waals surface area contributed by atoms with Crippen LogP contribution >= 0.6 is 0 Å². The molecular formula is C14H24N4. The highest BCUT2D eigenvalue weighted by Crippen LogP contribution is 2.23. The number of nitrogens with zero attached hydrogens (tertiary/aromatic N) is 2. The van der Waals surface area contributed by atoms with Crippen LogP contribution in [0.3, 0.4) is 0 Å². The Morgan fingerprint density at radius 3 is 2.50 bits per heavy atom. The van der Waals surface area contributed by atoms with Crippen molar-refractivity contribution < 1.29 is 0 Å². The summed E-state index contributed by atoms with van der Waals surface area (Å²) in [5.74, 6) is 0.985. The van der Waals surface area contributed by atoms with Crippen LogP contribution in [0.2, 0.25) is 0 Å². The van der Waals surface area contributed by atoms with Gasteiger partial charge in [0.1, 0.15) is 5.82 Å². The molecule has 4 heteroatoms. The van der Waals surface area contributed by atoms with Gasteiger partial charge in [-0.25, -0.2) is 4.98 Å². The maximum atomic E-state index is 5.93. The SMILES string of the molecule is Cc1cc(N(C)C)cc(NC2CCC(N)CC2)n1. The minimum atomic E-state index is 0.394. The summed E-state index contributed by atoms with van der Waals surface area (Å²) in [7, 11) is 4.11. The Morgan fingerprint density at radius 2 is 1.89 bits per heavy atom. The molecule has 2 rings (SSSR count). The predicted molar refractivity (Wildman–Crippen MR) is 77.2 cm³/mol. The summed E-state index contributed by atoms with van der Waals surface area (Å²) in [4.78, 5) is 6.67. The number of rotatable bonds is 3.